The molecule has 5 heteroatoms. The number of carboxylic acids is 1. The molecule has 0 saturated carbocycles. The Morgan fingerprint density at radius 1 is 1.38 bits per heavy atom. The van der Waals surface area contributed by atoms with E-state index in [2.05, 4.69) is 24.1 Å². The normalized spacial score (nSPS) is 12.6. The number of methoxy groups -OCH3 is 1. The quantitative estimate of drug-likeness (QED) is 0.855. The molecular weight excluding hydrogens is 268 g/mol. The average Bonchev–Trinajstić information content (AvgIpc) is 2.45. The van der Waals surface area contributed by atoms with Crippen molar-refractivity contribution in [3.05, 3.63) is 35.9 Å². The predicted octanol–water partition coefficient (Wildman–Crippen LogP) is 3.02. The zero-order valence-electron chi connectivity index (χ0n) is 12.5. The number of anilines is 1. The fraction of sp³-hybridized carbons (Fsp3) is 0.375. The molecule has 1 aromatic heterocycles. The van der Waals surface area contributed by atoms with E-state index < -0.39 is 5.97 Å². The number of nitrogens with zero attached hydrogens (tertiary/aromatic N) is 1. The molecule has 2 N–H and O–H groups in total. The lowest BCUT2D eigenvalue weighted by atomic mass is 10.0. The molecule has 21 heavy (non-hydrogen) atoms. The number of aromatic nitrogens is 1. The second-order valence-electron chi connectivity index (χ2n) is 5.33. The summed E-state index contributed by atoms with van der Waals surface area (Å²) >= 11 is 0. The maximum absolute atomic E-state index is 11.5. The summed E-state index contributed by atoms with van der Waals surface area (Å²) in [5.41, 5.74) is 0.945. The summed E-state index contributed by atoms with van der Waals surface area (Å²) in [5, 5.41) is 13.4. The first-order valence-electron chi connectivity index (χ1n) is 6.91. The number of aromatic carboxylic acids is 1. The molecule has 2 rings (SSSR count). The van der Waals surface area contributed by atoms with Crippen LogP contribution in [-0.4, -0.2) is 35.8 Å². The summed E-state index contributed by atoms with van der Waals surface area (Å²) in [4.78, 5) is 15.9. The molecule has 0 saturated heterocycles. The Hall–Kier alpha value is -2.14. The average molecular weight is 288 g/mol. The van der Waals surface area contributed by atoms with Crippen LogP contribution in [-0.2, 0) is 4.74 Å². The molecule has 0 aliphatic rings. The molecule has 2 aromatic rings. The predicted molar refractivity (Wildman–Crippen MR) is 82.8 cm³/mol. The van der Waals surface area contributed by atoms with Gasteiger partial charge in [0.15, 0.2) is 0 Å². The van der Waals surface area contributed by atoms with Crippen molar-refractivity contribution >= 4 is 22.7 Å². The summed E-state index contributed by atoms with van der Waals surface area (Å²) in [5.74, 6) is -0.313. The first kappa shape index (κ1) is 15.3. The number of fused-ring (bicyclic) bond motifs is 1. The Balaban J connectivity index is 2.45. The van der Waals surface area contributed by atoms with Crippen LogP contribution < -0.4 is 5.32 Å². The highest BCUT2D eigenvalue weighted by Crippen LogP contribution is 2.22. The van der Waals surface area contributed by atoms with E-state index in [0.717, 1.165) is 10.9 Å². The van der Waals surface area contributed by atoms with E-state index in [0.29, 0.717) is 18.3 Å². The van der Waals surface area contributed by atoms with E-state index in [1.165, 1.54) is 0 Å². The van der Waals surface area contributed by atoms with E-state index >= 15 is 0 Å². The molecule has 0 fully saturated rings. The largest absolute Gasteiger partial charge is 0.478 e. The topological polar surface area (TPSA) is 71.5 Å². The Labute approximate surface area is 124 Å². The summed E-state index contributed by atoms with van der Waals surface area (Å²) < 4.78 is 5.19. The number of rotatable bonds is 6. The standard InChI is InChI=1S/C16H20N2O3/c1-10(2)14(9-21-3)18-15-12(16(19)20)8-11-6-4-5-7-13(11)17-15/h4-8,10,14H,9H2,1-3H3,(H,17,18)(H,19,20). The number of ether oxygens (including phenoxy) is 1. The van der Waals surface area contributed by atoms with Crippen molar-refractivity contribution in [2.24, 2.45) is 5.92 Å². The minimum Gasteiger partial charge on any atom is -0.478 e. The van der Waals surface area contributed by atoms with Gasteiger partial charge in [0.25, 0.3) is 0 Å². The first-order valence-corrected chi connectivity index (χ1v) is 6.91. The zero-order valence-corrected chi connectivity index (χ0v) is 12.5. The third kappa shape index (κ3) is 3.49. The minimum atomic E-state index is -0.990. The van der Waals surface area contributed by atoms with Crippen molar-refractivity contribution < 1.29 is 14.6 Å². The van der Waals surface area contributed by atoms with Gasteiger partial charge in [-0.25, -0.2) is 9.78 Å². The summed E-state index contributed by atoms with van der Waals surface area (Å²) in [6, 6.07) is 9.12. The molecule has 1 aromatic carbocycles. The van der Waals surface area contributed by atoms with Crippen LogP contribution in [0.5, 0.6) is 0 Å². The summed E-state index contributed by atoms with van der Waals surface area (Å²) in [6.07, 6.45) is 0. The Bertz CT molecular complexity index is 640. The van der Waals surface area contributed by atoms with Crippen molar-refractivity contribution in [2.45, 2.75) is 19.9 Å². The number of para-hydroxylation sites is 1. The van der Waals surface area contributed by atoms with Crippen LogP contribution in [0.15, 0.2) is 30.3 Å². The lowest BCUT2D eigenvalue weighted by Crippen LogP contribution is -2.31. The number of nitrogens with one attached hydrogen (secondary N) is 1. The van der Waals surface area contributed by atoms with Crippen LogP contribution >= 0.6 is 0 Å². The Morgan fingerprint density at radius 3 is 2.71 bits per heavy atom. The van der Waals surface area contributed by atoms with Crippen molar-refractivity contribution in [3.63, 3.8) is 0 Å². The highest BCUT2D eigenvalue weighted by molar-refractivity contribution is 5.98. The van der Waals surface area contributed by atoms with Gasteiger partial charge >= 0.3 is 5.97 Å². The van der Waals surface area contributed by atoms with Crippen LogP contribution in [0.1, 0.15) is 24.2 Å². The fourth-order valence-electron chi connectivity index (χ4n) is 2.14. The van der Waals surface area contributed by atoms with Gasteiger partial charge in [-0.2, -0.15) is 0 Å². The molecule has 0 aliphatic carbocycles. The van der Waals surface area contributed by atoms with Gasteiger partial charge in [-0.05, 0) is 18.1 Å². The Morgan fingerprint density at radius 2 is 2.10 bits per heavy atom. The smallest absolute Gasteiger partial charge is 0.339 e. The van der Waals surface area contributed by atoms with E-state index in [9.17, 15) is 9.90 Å². The maximum Gasteiger partial charge on any atom is 0.339 e. The van der Waals surface area contributed by atoms with Crippen LogP contribution in [0.25, 0.3) is 10.9 Å². The van der Waals surface area contributed by atoms with Crippen LogP contribution in [0.2, 0.25) is 0 Å². The van der Waals surface area contributed by atoms with Crippen LogP contribution in [0.4, 0.5) is 5.82 Å². The molecular formula is C16H20N2O3. The third-order valence-electron chi connectivity index (χ3n) is 3.43. The molecule has 0 radical (unpaired) electrons. The highest BCUT2D eigenvalue weighted by Gasteiger charge is 2.19. The van der Waals surface area contributed by atoms with Gasteiger partial charge < -0.3 is 15.2 Å². The molecule has 1 atom stereocenters. The van der Waals surface area contributed by atoms with Crippen molar-refractivity contribution in [1.82, 2.24) is 4.98 Å². The van der Waals surface area contributed by atoms with Crippen molar-refractivity contribution in [3.8, 4) is 0 Å². The summed E-state index contributed by atoms with van der Waals surface area (Å²) in [7, 11) is 1.63. The van der Waals surface area contributed by atoms with Gasteiger partial charge in [0.1, 0.15) is 11.4 Å². The van der Waals surface area contributed by atoms with Gasteiger partial charge in [0.2, 0.25) is 0 Å². The fourth-order valence-corrected chi connectivity index (χ4v) is 2.14. The van der Waals surface area contributed by atoms with Crippen molar-refractivity contribution in [1.29, 1.82) is 0 Å². The van der Waals surface area contributed by atoms with E-state index in [4.69, 9.17) is 4.74 Å². The van der Waals surface area contributed by atoms with E-state index in [-0.39, 0.29) is 11.6 Å². The van der Waals surface area contributed by atoms with Gasteiger partial charge in [-0.1, -0.05) is 32.0 Å². The van der Waals surface area contributed by atoms with E-state index in [1.807, 2.05) is 24.3 Å². The molecule has 0 amide bonds. The zero-order chi connectivity index (χ0) is 15.4. The molecule has 0 spiro atoms. The first-order chi connectivity index (χ1) is 10.0. The number of hydrogen-bond acceptors (Lipinski definition) is 4. The molecule has 0 bridgehead atoms. The molecule has 1 unspecified atom stereocenters. The maximum atomic E-state index is 11.5. The SMILES string of the molecule is COCC(Nc1nc2ccccc2cc1C(=O)O)C(C)C. The lowest BCUT2D eigenvalue weighted by molar-refractivity contribution is 0.0697. The van der Waals surface area contributed by atoms with Gasteiger partial charge in [-0.3, -0.25) is 0 Å². The lowest BCUT2D eigenvalue weighted by Gasteiger charge is -2.23. The second-order valence-corrected chi connectivity index (χ2v) is 5.33. The highest BCUT2D eigenvalue weighted by atomic mass is 16.5. The van der Waals surface area contributed by atoms with Crippen molar-refractivity contribution in [2.75, 3.05) is 19.0 Å². The van der Waals surface area contributed by atoms with E-state index in [1.54, 1.807) is 13.2 Å². The summed E-state index contributed by atoms with van der Waals surface area (Å²) in [6.45, 7) is 4.60. The number of pyridine rings is 1. The van der Waals surface area contributed by atoms with Crippen LogP contribution in [0.3, 0.4) is 0 Å². The Kier molecular flexibility index (Phi) is 4.75. The molecule has 1 heterocycles. The number of carboxylic acid groups (broad SMARTS) is 1. The number of carbonyl (C=O) groups is 1. The monoisotopic (exact) mass is 288 g/mol. The number of hydrogen-bond donors (Lipinski definition) is 2. The molecule has 0 aliphatic heterocycles. The molecule has 112 valence electrons. The number of benzene rings is 1. The third-order valence-corrected chi connectivity index (χ3v) is 3.43. The van der Waals surface area contributed by atoms with Crippen LogP contribution in [0, 0.1) is 5.92 Å². The minimum absolute atomic E-state index is 0.00163. The van der Waals surface area contributed by atoms with Gasteiger partial charge in [-0.15, -0.1) is 0 Å². The second kappa shape index (κ2) is 6.54. The molecule has 5 nitrogen and oxygen atoms in total. The van der Waals surface area contributed by atoms with Gasteiger partial charge in [0.05, 0.1) is 18.2 Å². The van der Waals surface area contributed by atoms with Gasteiger partial charge in [0, 0.05) is 12.5 Å².